The van der Waals surface area contributed by atoms with Crippen molar-refractivity contribution in [3.63, 3.8) is 0 Å². The summed E-state index contributed by atoms with van der Waals surface area (Å²) in [6.45, 7) is 44.9. The van der Waals surface area contributed by atoms with Crippen LogP contribution >= 0.6 is 0 Å². The summed E-state index contributed by atoms with van der Waals surface area (Å²) in [5, 5.41) is 33.5. The summed E-state index contributed by atoms with van der Waals surface area (Å²) in [5.41, 5.74) is 47.5. The summed E-state index contributed by atoms with van der Waals surface area (Å²) in [6, 6.07) is 41.0. The predicted octanol–water partition coefficient (Wildman–Crippen LogP) is 13.9. The number of nitrogens with zero attached hydrogens (tertiary/aromatic N) is 2. The molecule has 0 aliphatic heterocycles. The Morgan fingerprint density at radius 2 is 0.927 bits per heavy atom. The molecule has 1 aromatic heterocycles. The van der Waals surface area contributed by atoms with Crippen molar-refractivity contribution in [1.29, 1.82) is 0 Å². The Kier molecular flexibility index (Phi) is 96.7. The lowest BCUT2D eigenvalue weighted by Gasteiger charge is -2.16. The quantitative estimate of drug-likeness (QED) is 0.0175. The Morgan fingerprint density at radius 1 is 0.464 bits per heavy atom. The monoisotopic (exact) mass is 1540 g/mol. The van der Waals surface area contributed by atoms with Gasteiger partial charge in [-0.05, 0) is 314 Å². The molecule has 0 radical (unpaired) electrons. The molecular weight excluding hydrogens is 1360 g/mol. The fraction of sp³-hybridized carbons (Fsp3) is 0.674. The summed E-state index contributed by atoms with van der Waals surface area (Å²) in [7, 11) is 19.7. The van der Waals surface area contributed by atoms with Crippen molar-refractivity contribution in [2.45, 2.75) is 224 Å². The minimum atomic E-state index is -0.384. The van der Waals surface area contributed by atoms with E-state index in [1.807, 2.05) is 62.2 Å². The number of benzene rings is 5. The smallest absolute Gasteiger partial charge is 0.0786 e. The molecule has 0 bridgehead atoms. The first kappa shape index (κ1) is 118. The number of aliphatic hydroxyl groups is 1. The van der Waals surface area contributed by atoms with Crippen molar-refractivity contribution in [3.05, 3.63) is 155 Å². The Balaban J connectivity index is -0.000000210. The van der Waals surface area contributed by atoms with Gasteiger partial charge in [-0.25, -0.2) is 0 Å². The normalized spacial score (nSPS) is 11.0. The zero-order valence-electron chi connectivity index (χ0n) is 76.1. The van der Waals surface area contributed by atoms with Crippen molar-refractivity contribution in [2.24, 2.45) is 51.5 Å². The van der Waals surface area contributed by atoms with Crippen LogP contribution in [0.1, 0.15) is 207 Å². The lowest BCUT2D eigenvalue weighted by Crippen LogP contribution is -2.41. The molecule has 644 valence electrons. The van der Waals surface area contributed by atoms with Crippen LogP contribution in [0.3, 0.4) is 0 Å². The van der Waals surface area contributed by atoms with E-state index in [2.05, 4.69) is 272 Å². The number of aliphatic hydroxyl groups excluding tert-OH is 1. The molecule has 1 aliphatic rings. The van der Waals surface area contributed by atoms with Gasteiger partial charge in [0.1, 0.15) is 0 Å². The van der Waals surface area contributed by atoms with Crippen LogP contribution in [-0.4, -0.2) is 207 Å². The second-order valence-electron chi connectivity index (χ2n) is 30.0. The maximum atomic E-state index is 8.67. The highest BCUT2D eigenvalue weighted by molar-refractivity contribution is 5.83. The maximum absolute atomic E-state index is 8.67. The first-order valence-electron chi connectivity index (χ1n) is 42.3. The van der Waals surface area contributed by atoms with E-state index >= 15 is 0 Å². The van der Waals surface area contributed by atoms with E-state index in [1.54, 1.807) is 18.2 Å². The lowest BCUT2D eigenvalue weighted by atomic mass is 9.90. The minimum Gasteiger partial charge on any atom is -0.390 e. The van der Waals surface area contributed by atoms with E-state index in [-0.39, 0.29) is 11.6 Å². The molecule has 7 rings (SSSR count). The van der Waals surface area contributed by atoms with Crippen LogP contribution in [0.5, 0.6) is 0 Å². The van der Waals surface area contributed by atoms with Gasteiger partial charge in [0.2, 0.25) is 0 Å². The number of aryl methyl sites for hydroxylation is 6. The maximum Gasteiger partial charge on any atom is 0.0786 e. The standard InChI is InChI=1S/C12H16.C12H12.C10H11N.C8H10.C7H19N3.C6H15N.C6H14.3C5H14N2.C5H12.C4H12N2O.C4H12N2.C3H10N2/c2*1-2-10-7-8-11-5-3-4-6-12(11)9-10;1-2-8-7-11-10-6-4-3-5-9(8)10;1-2-8-6-4-3-5-7-8;1-10(6-2-4-8)7-3-5-9;1-4-5-6-7(2)3;1-5-6(2,3)4;1-5(2,6)4-7-3;1-6-4-3-5-7-2;1-7-5-3-2-4-6;1-4-5(2)3;1-6-3-4(7)2-5;1-6-4-2-3-5;1-5-3-2-4/h7-9H,2-6H2,1H3;3-9H,2H2,1H3;3-7,11H,2H2,1H3;3-7H,2H2,1H3;2-9H2,1H3;4-6H2,1-3H3;5H2,1-4H3;7H,4,6H2,1-3H3;6-7H,3-5H2,1-2H3;7H,2-6H2,1H3;5H,4H2,1-3H3;4,6-7H,2-3,5H2,1H3;6H,2-5H2,1H3;5H,2-4H2,1H3. The molecule has 1 unspecified atom stereocenters. The average Bonchev–Trinajstić information content (AvgIpc) is 1.71. The Hall–Kier alpha value is -4.78. The molecule has 1 aliphatic carbocycles. The third-order valence-corrected chi connectivity index (χ3v) is 16.8. The van der Waals surface area contributed by atoms with Gasteiger partial charge in [0.25, 0.3) is 0 Å². The van der Waals surface area contributed by atoms with Gasteiger partial charge >= 0.3 is 0 Å². The van der Waals surface area contributed by atoms with E-state index in [0.29, 0.717) is 18.5 Å². The summed E-state index contributed by atoms with van der Waals surface area (Å²) in [6.07, 6.45) is 23.6. The number of hydrogen-bond donors (Lipinski definition) is 16. The fourth-order valence-corrected chi connectivity index (χ4v) is 9.00. The summed E-state index contributed by atoms with van der Waals surface area (Å²) >= 11 is 0. The number of unbranched alkanes of at least 4 members (excludes halogenated alkanes) is 2. The Morgan fingerprint density at radius 3 is 1.30 bits per heavy atom. The average molecular weight is 1550 g/mol. The number of aromatic amines is 1. The number of fused-ring (bicyclic) bond motifs is 3. The van der Waals surface area contributed by atoms with Crippen LogP contribution < -0.4 is 77.4 Å². The van der Waals surface area contributed by atoms with E-state index < -0.39 is 0 Å². The van der Waals surface area contributed by atoms with Gasteiger partial charge in [0.15, 0.2) is 0 Å². The predicted molar refractivity (Wildman–Crippen MR) is 499 cm³/mol. The minimum absolute atomic E-state index is 0.0608. The molecule has 0 saturated carbocycles. The Labute approximate surface area is 680 Å². The molecule has 23 N–H and O–H groups in total. The van der Waals surface area contributed by atoms with Crippen LogP contribution in [0.25, 0.3) is 21.7 Å². The molecule has 18 nitrogen and oxygen atoms in total. The molecular formula is C92H185N17O. The highest BCUT2D eigenvalue weighted by atomic mass is 16.3. The molecule has 5 aromatic carbocycles. The summed E-state index contributed by atoms with van der Waals surface area (Å²) < 4.78 is 0. The van der Waals surface area contributed by atoms with Gasteiger partial charge in [-0.3, -0.25) is 0 Å². The second kappa shape index (κ2) is 89.8. The fourth-order valence-electron chi connectivity index (χ4n) is 9.00. The van der Waals surface area contributed by atoms with E-state index in [9.17, 15) is 0 Å². The molecule has 18 heteroatoms. The molecule has 0 fully saturated rings. The molecule has 6 aromatic rings. The van der Waals surface area contributed by atoms with Crippen LogP contribution in [0.2, 0.25) is 0 Å². The Bertz CT molecular complexity index is 2660. The first-order valence-corrected chi connectivity index (χ1v) is 42.3. The highest BCUT2D eigenvalue weighted by Crippen LogP contribution is 2.23. The molecule has 0 spiro atoms. The van der Waals surface area contributed by atoms with Crippen LogP contribution in [0.4, 0.5) is 0 Å². The van der Waals surface area contributed by atoms with Crippen molar-refractivity contribution >= 4 is 21.7 Å². The van der Waals surface area contributed by atoms with E-state index in [4.69, 9.17) is 45.2 Å². The first-order chi connectivity index (χ1) is 52.6. The number of hydrogen-bond acceptors (Lipinski definition) is 17. The van der Waals surface area contributed by atoms with Crippen molar-refractivity contribution in [1.82, 2.24) is 52.0 Å². The molecule has 110 heavy (non-hydrogen) atoms. The van der Waals surface area contributed by atoms with E-state index in [0.717, 1.165) is 136 Å². The third kappa shape index (κ3) is 88.8. The SMILES string of the molecule is CCC(C)(C)C.CCC(C)C.CCCCN(C)C.CCc1c[nH]c2ccccc12.CCc1ccc2c(c1)CCCC2.CCc1ccc2ccccc2c1.CCc1ccccc1.CN(CCCN)CCCN.CNCC(C)(C)N.CNCC(O)CN.CNCCCCN.CNCCCN.CNCCCNC.CNCCN. The van der Waals surface area contributed by atoms with Crippen molar-refractivity contribution < 1.29 is 5.11 Å². The molecule has 1 heterocycles. The second-order valence-corrected chi connectivity index (χ2v) is 30.0. The number of para-hydroxylation sites is 1. The number of nitrogens with two attached hydrogens (primary N) is 7. The van der Waals surface area contributed by atoms with Crippen molar-refractivity contribution in [2.75, 3.05) is 175 Å². The number of likely N-dealkylation sites (N-methyl/N-ethyl adjacent to an activating group) is 3. The number of H-pyrrole nitrogens is 1. The molecule has 1 atom stereocenters. The number of aromatic nitrogens is 1. The zero-order valence-corrected chi connectivity index (χ0v) is 76.1. The molecule has 0 saturated heterocycles. The van der Waals surface area contributed by atoms with Crippen molar-refractivity contribution in [3.8, 4) is 0 Å². The van der Waals surface area contributed by atoms with Crippen LogP contribution in [-0.2, 0) is 38.5 Å². The van der Waals surface area contributed by atoms with Crippen LogP contribution in [0.15, 0.2) is 121 Å². The van der Waals surface area contributed by atoms with Crippen LogP contribution in [0, 0.1) is 11.3 Å². The summed E-state index contributed by atoms with van der Waals surface area (Å²) in [4.78, 5) is 7.71. The zero-order chi connectivity index (χ0) is 84.9. The third-order valence-electron chi connectivity index (χ3n) is 16.8. The van der Waals surface area contributed by atoms with Gasteiger partial charge in [-0.1, -0.05) is 212 Å². The highest BCUT2D eigenvalue weighted by Gasteiger charge is 2.09. The summed E-state index contributed by atoms with van der Waals surface area (Å²) in [5.74, 6) is 0.884. The van der Waals surface area contributed by atoms with Gasteiger partial charge in [-0.2, -0.15) is 0 Å². The van der Waals surface area contributed by atoms with Gasteiger partial charge < -0.3 is 97.2 Å². The molecule has 0 amide bonds. The lowest BCUT2D eigenvalue weighted by molar-refractivity contribution is 0.182. The van der Waals surface area contributed by atoms with Gasteiger partial charge in [0.05, 0.1) is 6.10 Å². The number of nitrogens with one attached hydrogen (secondary N) is 8. The largest absolute Gasteiger partial charge is 0.390 e. The van der Waals surface area contributed by atoms with E-state index in [1.165, 1.54) is 121 Å². The van der Waals surface area contributed by atoms with Gasteiger partial charge in [-0.15, -0.1) is 0 Å². The number of rotatable bonds is 32. The van der Waals surface area contributed by atoms with Gasteiger partial charge in [0, 0.05) is 55.4 Å². The topological polar surface area (TPSA) is 309 Å².